The molecule has 2 aliphatic rings. The van der Waals surface area contributed by atoms with E-state index in [0.717, 1.165) is 48.3 Å². The number of halogens is 1. The van der Waals surface area contributed by atoms with Crippen molar-refractivity contribution in [2.24, 2.45) is 5.92 Å². The summed E-state index contributed by atoms with van der Waals surface area (Å²) < 4.78 is 6.26. The van der Waals surface area contributed by atoms with Gasteiger partial charge in [-0.25, -0.2) is 0 Å². The first-order chi connectivity index (χ1) is 13.2. The third kappa shape index (κ3) is 3.56. The van der Waals surface area contributed by atoms with E-state index in [2.05, 4.69) is 50.4 Å². The average Bonchev–Trinajstić information content (AvgIpc) is 3.38. The van der Waals surface area contributed by atoms with Crippen LogP contribution in [0.15, 0.2) is 40.9 Å². The highest BCUT2D eigenvalue weighted by Crippen LogP contribution is 2.38. The van der Waals surface area contributed by atoms with Crippen LogP contribution in [0.3, 0.4) is 0 Å². The van der Waals surface area contributed by atoms with E-state index in [9.17, 15) is 4.79 Å². The van der Waals surface area contributed by atoms with Gasteiger partial charge in [0, 0.05) is 36.1 Å². The Labute approximate surface area is 169 Å². The van der Waals surface area contributed by atoms with Crippen molar-refractivity contribution >= 4 is 21.8 Å². The van der Waals surface area contributed by atoms with Crippen LogP contribution in [0.2, 0.25) is 0 Å². The Bertz CT molecular complexity index is 808. The number of carbonyl (C=O) groups excluding carboxylic acids is 1. The van der Waals surface area contributed by atoms with Crippen LogP contribution in [0, 0.1) is 18.1 Å². The molecule has 2 fully saturated rings. The van der Waals surface area contributed by atoms with Crippen molar-refractivity contribution in [1.82, 2.24) is 10.2 Å². The summed E-state index contributed by atoms with van der Waals surface area (Å²) in [7, 11) is 1.67. The Morgan fingerprint density at radius 1 is 1.22 bits per heavy atom. The summed E-state index contributed by atoms with van der Waals surface area (Å²) >= 11 is 3.61. The molecule has 4 rings (SSSR count). The van der Waals surface area contributed by atoms with Gasteiger partial charge in [0.2, 0.25) is 5.91 Å². The number of rotatable bonds is 4. The smallest absolute Gasteiger partial charge is 0.228 e. The Morgan fingerprint density at radius 2 is 2.00 bits per heavy atom. The Morgan fingerprint density at radius 3 is 2.74 bits per heavy atom. The lowest BCUT2D eigenvalue weighted by molar-refractivity contribution is -0.136. The quantitative estimate of drug-likeness (QED) is 0.809. The standard InChI is InChI=1S/C22H23BrN2O2/c1-27-16-10-8-15(9-11-16)21-7-4-12-25(21)22(26)19-14-24-13-18(19)17-5-2-3-6-20(17)23/h5-6,8-11,18-19,21,24H,4,7,12-14H2,1H3/t18-,19+,21?/m0/s1. The van der Waals surface area contributed by atoms with Crippen LogP contribution in [0.25, 0.3) is 0 Å². The number of carbonyl (C=O) groups is 1. The van der Waals surface area contributed by atoms with Crippen LogP contribution in [-0.2, 0) is 4.79 Å². The third-order valence-electron chi connectivity index (χ3n) is 5.75. The van der Waals surface area contributed by atoms with Gasteiger partial charge in [0.15, 0.2) is 0 Å². The van der Waals surface area contributed by atoms with Crippen molar-refractivity contribution in [2.45, 2.75) is 24.8 Å². The van der Waals surface area contributed by atoms with Gasteiger partial charge in [0.05, 0.1) is 19.1 Å². The Balaban J connectivity index is 1.56. The number of hydrogen-bond donors (Lipinski definition) is 1. The predicted molar refractivity (Wildman–Crippen MR) is 108 cm³/mol. The van der Waals surface area contributed by atoms with E-state index in [4.69, 9.17) is 4.74 Å². The SMILES string of the molecule is COc1ccc(C2CCCN2C(=O)[C@@H]2CNC[C@H]2c2cc#ccc2Br)cc1. The molecule has 5 heteroatoms. The summed E-state index contributed by atoms with van der Waals surface area (Å²) in [4.78, 5) is 15.6. The monoisotopic (exact) mass is 426 g/mol. The zero-order chi connectivity index (χ0) is 18.8. The maximum absolute atomic E-state index is 13.5. The summed E-state index contributed by atoms with van der Waals surface area (Å²) in [5.41, 5.74) is 2.32. The summed E-state index contributed by atoms with van der Waals surface area (Å²) in [6, 6.07) is 18.1. The van der Waals surface area contributed by atoms with E-state index in [1.165, 1.54) is 5.56 Å². The van der Waals surface area contributed by atoms with Crippen molar-refractivity contribution in [3.8, 4) is 5.75 Å². The lowest BCUT2D eigenvalue weighted by atomic mass is 9.88. The minimum atomic E-state index is -0.0454. The summed E-state index contributed by atoms with van der Waals surface area (Å²) in [5, 5.41) is 3.41. The zero-order valence-electron chi connectivity index (χ0n) is 15.4. The van der Waals surface area contributed by atoms with Crippen molar-refractivity contribution < 1.29 is 9.53 Å². The van der Waals surface area contributed by atoms with Crippen molar-refractivity contribution in [2.75, 3.05) is 26.7 Å². The molecule has 1 N–H and O–H groups in total. The first kappa shape index (κ1) is 18.3. The number of likely N-dealkylation sites (tertiary alicyclic amines) is 1. The summed E-state index contributed by atoms with van der Waals surface area (Å²) in [6.45, 7) is 2.36. The van der Waals surface area contributed by atoms with Crippen LogP contribution in [0.1, 0.15) is 35.9 Å². The first-order valence-electron chi connectivity index (χ1n) is 9.41. The second-order valence-electron chi connectivity index (χ2n) is 7.21. The van der Waals surface area contributed by atoms with Gasteiger partial charge in [0.25, 0.3) is 0 Å². The van der Waals surface area contributed by atoms with Crippen LogP contribution in [0.4, 0.5) is 0 Å². The number of nitrogens with one attached hydrogen (secondary N) is 1. The largest absolute Gasteiger partial charge is 0.497 e. The fraction of sp³-hybridized carbons (Fsp3) is 0.409. The van der Waals surface area contributed by atoms with Crippen molar-refractivity contribution in [3.63, 3.8) is 0 Å². The highest BCUT2D eigenvalue weighted by atomic mass is 79.9. The third-order valence-corrected chi connectivity index (χ3v) is 6.44. The normalized spacial score (nSPS) is 24.7. The maximum Gasteiger partial charge on any atom is 0.228 e. The number of amides is 1. The number of methoxy groups -OCH3 is 1. The molecule has 0 aromatic heterocycles. The maximum atomic E-state index is 13.5. The molecule has 0 saturated carbocycles. The molecule has 2 aliphatic heterocycles. The van der Waals surface area contributed by atoms with E-state index >= 15 is 0 Å². The van der Waals surface area contributed by atoms with Gasteiger partial charge in [-0.15, -0.1) is 0 Å². The fourth-order valence-corrected chi connectivity index (χ4v) is 4.86. The van der Waals surface area contributed by atoms with Gasteiger partial charge in [0.1, 0.15) is 5.75 Å². The topological polar surface area (TPSA) is 41.6 Å². The molecule has 140 valence electrons. The van der Waals surface area contributed by atoms with Gasteiger partial charge < -0.3 is 15.0 Å². The molecule has 0 radical (unpaired) electrons. The van der Waals surface area contributed by atoms with E-state index in [0.29, 0.717) is 0 Å². The minimum absolute atomic E-state index is 0.0454. The molecule has 1 amide bonds. The fourth-order valence-electron chi connectivity index (χ4n) is 4.34. The van der Waals surface area contributed by atoms with Gasteiger partial charge in [-0.1, -0.05) is 24.3 Å². The number of benzene rings is 1. The van der Waals surface area contributed by atoms with Crippen molar-refractivity contribution in [1.29, 1.82) is 0 Å². The predicted octanol–water partition coefficient (Wildman–Crippen LogP) is 3.72. The zero-order valence-corrected chi connectivity index (χ0v) is 17.0. The second kappa shape index (κ2) is 7.92. The number of hydrogen-bond acceptors (Lipinski definition) is 3. The highest BCUT2D eigenvalue weighted by Gasteiger charge is 2.40. The molecule has 3 atom stereocenters. The van der Waals surface area contributed by atoms with Crippen LogP contribution in [-0.4, -0.2) is 37.6 Å². The van der Waals surface area contributed by atoms with Gasteiger partial charge >= 0.3 is 0 Å². The Hall–Kier alpha value is -2.03. The molecular formula is C22H23BrN2O2. The average molecular weight is 427 g/mol. The molecule has 2 heterocycles. The highest BCUT2D eigenvalue weighted by molar-refractivity contribution is 9.10. The number of nitrogens with zero attached hydrogens (tertiary/aromatic N) is 1. The molecule has 2 aromatic carbocycles. The molecular weight excluding hydrogens is 404 g/mol. The van der Waals surface area contributed by atoms with Crippen molar-refractivity contribution in [3.05, 3.63) is 64.1 Å². The van der Waals surface area contributed by atoms with Gasteiger partial charge in [-0.3, -0.25) is 4.79 Å². The molecule has 27 heavy (non-hydrogen) atoms. The summed E-state index contributed by atoms with van der Waals surface area (Å²) in [6.07, 6.45) is 2.06. The lowest BCUT2D eigenvalue weighted by Gasteiger charge is -2.30. The summed E-state index contributed by atoms with van der Waals surface area (Å²) in [5.74, 6) is 1.21. The van der Waals surface area contributed by atoms with Gasteiger partial charge in [-0.05, 0) is 58.1 Å². The van der Waals surface area contributed by atoms with E-state index in [-0.39, 0.29) is 23.8 Å². The van der Waals surface area contributed by atoms with Crippen LogP contribution < -0.4 is 10.1 Å². The molecule has 2 saturated heterocycles. The van der Waals surface area contributed by atoms with Gasteiger partial charge in [-0.2, -0.15) is 0 Å². The van der Waals surface area contributed by atoms with E-state index < -0.39 is 0 Å². The molecule has 4 nitrogen and oxygen atoms in total. The second-order valence-corrected chi connectivity index (χ2v) is 8.07. The lowest BCUT2D eigenvalue weighted by Crippen LogP contribution is -2.38. The number of ether oxygens (including phenoxy) is 1. The molecule has 0 spiro atoms. The Kier molecular flexibility index (Phi) is 5.38. The molecule has 0 aliphatic carbocycles. The van der Waals surface area contributed by atoms with E-state index in [1.807, 2.05) is 24.3 Å². The minimum Gasteiger partial charge on any atom is -0.497 e. The molecule has 1 unspecified atom stereocenters. The van der Waals surface area contributed by atoms with Crippen LogP contribution in [0.5, 0.6) is 5.75 Å². The molecule has 2 aromatic rings. The first-order valence-corrected chi connectivity index (χ1v) is 10.2. The molecule has 0 bridgehead atoms. The van der Waals surface area contributed by atoms with Crippen LogP contribution >= 0.6 is 15.9 Å². The van der Waals surface area contributed by atoms with E-state index in [1.54, 1.807) is 7.11 Å².